The molecule has 2 aromatic rings. The molecule has 134 valence electrons. The lowest BCUT2D eigenvalue weighted by atomic mass is 10.3. The number of nitrogens with one attached hydrogen (secondary N) is 1. The Hall–Kier alpha value is -1.54. The van der Waals surface area contributed by atoms with Crippen LogP contribution >= 0.6 is 34.8 Å². The van der Waals surface area contributed by atoms with Gasteiger partial charge in [-0.1, -0.05) is 46.9 Å². The summed E-state index contributed by atoms with van der Waals surface area (Å²) in [4.78, 5) is 12.2. The Balaban J connectivity index is 2.33. The molecule has 2 rings (SSSR count). The fourth-order valence-corrected chi connectivity index (χ4v) is 3.52. The van der Waals surface area contributed by atoms with Crippen LogP contribution in [0, 0.1) is 5.82 Å². The predicted octanol–water partition coefficient (Wildman–Crippen LogP) is 4.19. The van der Waals surface area contributed by atoms with E-state index in [4.69, 9.17) is 34.8 Å². The van der Waals surface area contributed by atoms with Gasteiger partial charge in [0.1, 0.15) is 12.4 Å². The first-order valence-corrected chi connectivity index (χ1v) is 9.74. The highest BCUT2D eigenvalue weighted by Gasteiger charge is 2.24. The Morgan fingerprint density at radius 3 is 2.32 bits per heavy atom. The minimum atomic E-state index is -3.87. The maximum Gasteiger partial charge on any atom is 0.245 e. The highest BCUT2D eigenvalue weighted by Crippen LogP contribution is 2.35. The number of nitrogens with zero attached hydrogens (tertiary/aromatic N) is 1. The number of carbonyl (C=O) groups is 1. The van der Waals surface area contributed by atoms with Crippen molar-refractivity contribution in [2.24, 2.45) is 0 Å². The van der Waals surface area contributed by atoms with Crippen molar-refractivity contribution in [1.82, 2.24) is 0 Å². The second-order valence-electron chi connectivity index (χ2n) is 5.02. The molecule has 0 saturated carbocycles. The number of para-hydroxylation sites is 1. The number of amides is 1. The molecule has 0 bridgehead atoms. The molecule has 1 amide bonds. The Bertz CT molecular complexity index is 922. The van der Waals surface area contributed by atoms with Crippen molar-refractivity contribution < 1.29 is 17.6 Å². The van der Waals surface area contributed by atoms with Crippen LogP contribution in [0.3, 0.4) is 0 Å². The van der Waals surface area contributed by atoms with Crippen molar-refractivity contribution >= 4 is 62.1 Å². The lowest BCUT2D eigenvalue weighted by molar-refractivity contribution is -0.114. The van der Waals surface area contributed by atoms with Gasteiger partial charge in [0.15, 0.2) is 0 Å². The number of anilines is 2. The highest BCUT2D eigenvalue weighted by molar-refractivity contribution is 7.92. The molecule has 10 heteroatoms. The van der Waals surface area contributed by atoms with E-state index in [-0.39, 0.29) is 26.4 Å². The molecule has 25 heavy (non-hydrogen) atoms. The van der Waals surface area contributed by atoms with Crippen molar-refractivity contribution in [2.45, 2.75) is 0 Å². The van der Waals surface area contributed by atoms with Crippen LogP contribution in [0.1, 0.15) is 0 Å². The fourth-order valence-electron chi connectivity index (χ4n) is 1.97. The standard InChI is InChI=1S/C15H12Cl3FN2O3S/c1-25(23,24)21(14-7-10(17)9(16)6-11(14)18)8-15(22)20-13-5-3-2-4-12(13)19/h2-7H,8H2,1H3,(H,20,22). The summed E-state index contributed by atoms with van der Waals surface area (Å²) in [6, 6.07) is 8.02. The summed E-state index contributed by atoms with van der Waals surface area (Å²) in [5.74, 6) is -1.40. The first kappa shape index (κ1) is 19.8. The maximum atomic E-state index is 13.6. The van der Waals surface area contributed by atoms with E-state index < -0.39 is 28.3 Å². The number of carbonyl (C=O) groups excluding carboxylic acids is 1. The molecule has 0 saturated heterocycles. The maximum absolute atomic E-state index is 13.6. The van der Waals surface area contributed by atoms with E-state index in [2.05, 4.69) is 5.32 Å². The summed E-state index contributed by atoms with van der Waals surface area (Å²) in [6.07, 6.45) is 0.905. The zero-order chi connectivity index (χ0) is 18.8. The summed E-state index contributed by atoms with van der Waals surface area (Å²) < 4.78 is 38.5. The van der Waals surface area contributed by atoms with Gasteiger partial charge in [-0.3, -0.25) is 9.10 Å². The molecular formula is C15H12Cl3FN2O3S. The summed E-state index contributed by atoms with van der Waals surface area (Å²) >= 11 is 17.8. The minimum Gasteiger partial charge on any atom is -0.322 e. The summed E-state index contributed by atoms with van der Waals surface area (Å²) in [5.41, 5.74) is -0.0802. The van der Waals surface area contributed by atoms with E-state index in [0.717, 1.165) is 10.6 Å². The summed E-state index contributed by atoms with van der Waals surface area (Å²) in [7, 11) is -3.87. The van der Waals surface area contributed by atoms with Crippen molar-refractivity contribution in [1.29, 1.82) is 0 Å². The molecule has 0 aliphatic carbocycles. The van der Waals surface area contributed by atoms with Gasteiger partial charge < -0.3 is 5.32 Å². The number of sulfonamides is 1. The number of hydrogen-bond donors (Lipinski definition) is 1. The van der Waals surface area contributed by atoms with Crippen LogP contribution in [0.4, 0.5) is 15.8 Å². The predicted molar refractivity (Wildman–Crippen MR) is 98.7 cm³/mol. The third kappa shape index (κ3) is 4.98. The summed E-state index contributed by atoms with van der Waals surface area (Å²) in [5, 5.41) is 2.52. The zero-order valence-electron chi connectivity index (χ0n) is 12.8. The third-order valence-electron chi connectivity index (χ3n) is 3.09. The Morgan fingerprint density at radius 2 is 1.72 bits per heavy atom. The van der Waals surface area contributed by atoms with Crippen LogP contribution in [0.2, 0.25) is 15.1 Å². The van der Waals surface area contributed by atoms with Gasteiger partial charge in [-0.2, -0.15) is 0 Å². The van der Waals surface area contributed by atoms with E-state index in [0.29, 0.717) is 0 Å². The molecular weight excluding hydrogens is 414 g/mol. The molecule has 5 nitrogen and oxygen atoms in total. The molecule has 2 aromatic carbocycles. The smallest absolute Gasteiger partial charge is 0.245 e. The SMILES string of the molecule is CS(=O)(=O)N(CC(=O)Nc1ccccc1F)c1cc(Cl)c(Cl)cc1Cl. The van der Waals surface area contributed by atoms with Gasteiger partial charge in [0.2, 0.25) is 15.9 Å². The topological polar surface area (TPSA) is 66.5 Å². The van der Waals surface area contributed by atoms with Crippen molar-refractivity contribution in [2.75, 3.05) is 22.4 Å². The monoisotopic (exact) mass is 424 g/mol. The first-order valence-electron chi connectivity index (χ1n) is 6.76. The largest absolute Gasteiger partial charge is 0.322 e. The van der Waals surface area contributed by atoms with Crippen LogP contribution in [-0.2, 0) is 14.8 Å². The van der Waals surface area contributed by atoms with Gasteiger partial charge in [0.05, 0.1) is 32.7 Å². The quantitative estimate of drug-likeness (QED) is 0.730. The van der Waals surface area contributed by atoms with Crippen LogP contribution in [0.5, 0.6) is 0 Å². The fraction of sp³-hybridized carbons (Fsp3) is 0.133. The zero-order valence-corrected chi connectivity index (χ0v) is 15.8. The van der Waals surface area contributed by atoms with Crippen LogP contribution in [0.15, 0.2) is 36.4 Å². The first-order chi connectivity index (χ1) is 11.6. The number of halogens is 4. The average molecular weight is 426 g/mol. The molecule has 0 radical (unpaired) electrons. The molecule has 1 N–H and O–H groups in total. The average Bonchev–Trinajstić information content (AvgIpc) is 2.50. The summed E-state index contributed by atoms with van der Waals surface area (Å²) in [6.45, 7) is -0.620. The van der Waals surface area contributed by atoms with Crippen molar-refractivity contribution in [3.8, 4) is 0 Å². The van der Waals surface area contributed by atoms with Crippen molar-refractivity contribution in [3.05, 3.63) is 57.3 Å². The Labute approximate surface area is 159 Å². The van der Waals surface area contributed by atoms with Gasteiger partial charge in [-0.05, 0) is 24.3 Å². The van der Waals surface area contributed by atoms with Crippen LogP contribution in [-0.4, -0.2) is 27.1 Å². The second kappa shape index (κ2) is 7.78. The minimum absolute atomic E-state index is 0.00137. The van der Waals surface area contributed by atoms with Gasteiger partial charge in [-0.25, -0.2) is 12.8 Å². The molecule has 0 unspecified atom stereocenters. The van der Waals surface area contributed by atoms with Gasteiger partial charge in [-0.15, -0.1) is 0 Å². The van der Waals surface area contributed by atoms with Gasteiger partial charge >= 0.3 is 0 Å². The highest BCUT2D eigenvalue weighted by atomic mass is 35.5. The number of benzene rings is 2. The van der Waals surface area contributed by atoms with E-state index in [9.17, 15) is 17.6 Å². The Morgan fingerprint density at radius 1 is 1.12 bits per heavy atom. The lowest BCUT2D eigenvalue weighted by Crippen LogP contribution is -2.37. The number of rotatable bonds is 5. The van der Waals surface area contributed by atoms with Gasteiger partial charge in [0.25, 0.3) is 0 Å². The lowest BCUT2D eigenvalue weighted by Gasteiger charge is -2.23. The van der Waals surface area contributed by atoms with Crippen LogP contribution in [0.25, 0.3) is 0 Å². The molecule has 0 heterocycles. The van der Waals surface area contributed by atoms with Gasteiger partial charge in [0, 0.05) is 0 Å². The number of hydrogen-bond acceptors (Lipinski definition) is 3. The normalized spacial score (nSPS) is 11.2. The van der Waals surface area contributed by atoms with Crippen molar-refractivity contribution in [3.63, 3.8) is 0 Å². The van der Waals surface area contributed by atoms with Crippen LogP contribution < -0.4 is 9.62 Å². The molecule has 0 fully saturated rings. The Kier molecular flexibility index (Phi) is 6.16. The third-order valence-corrected chi connectivity index (χ3v) is 5.25. The second-order valence-corrected chi connectivity index (χ2v) is 8.14. The van der Waals surface area contributed by atoms with E-state index in [1.807, 2.05) is 0 Å². The van der Waals surface area contributed by atoms with E-state index in [1.54, 1.807) is 0 Å². The molecule has 0 aliphatic rings. The molecule has 0 spiro atoms. The van der Waals surface area contributed by atoms with E-state index >= 15 is 0 Å². The molecule has 0 aromatic heterocycles. The molecule has 0 atom stereocenters. The van der Waals surface area contributed by atoms with E-state index in [1.165, 1.54) is 36.4 Å². The molecule has 0 aliphatic heterocycles.